The monoisotopic (exact) mass is 249 g/mol. The third-order valence-corrected chi connectivity index (χ3v) is 4.35. The molecule has 1 aliphatic carbocycles. The molecule has 1 saturated carbocycles. The molecular formula is C16H24FN. The second kappa shape index (κ2) is 5.40. The Hall–Kier alpha value is -0.890. The molecule has 0 radical (unpaired) electrons. The van der Waals surface area contributed by atoms with Crippen LogP contribution in [0.3, 0.4) is 0 Å². The first-order valence-corrected chi connectivity index (χ1v) is 7.05. The molecule has 2 atom stereocenters. The predicted octanol–water partition coefficient (Wildman–Crippen LogP) is 4.45. The molecule has 0 aromatic heterocycles. The largest absolute Gasteiger partial charge is 0.307 e. The maximum atomic E-state index is 13.9. The molecule has 1 N–H and O–H groups in total. The molecule has 1 fully saturated rings. The Labute approximate surface area is 110 Å². The van der Waals surface area contributed by atoms with Crippen molar-refractivity contribution >= 4 is 0 Å². The summed E-state index contributed by atoms with van der Waals surface area (Å²) in [5.74, 6) is -0.0901. The first-order valence-electron chi connectivity index (χ1n) is 7.05. The molecule has 2 heteroatoms. The van der Waals surface area contributed by atoms with Gasteiger partial charge in [-0.3, -0.25) is 0 Å². The average molecular weight is 249 g/mol. The van der Waals surface area contributed by atoms with E-state index in [-0.39, 0.29) is 11.9 Å². The van der Waals surface area contributed by atoms with E-state index in [1.165, 1.54) is 19.3 Å². The maximum Gasteiger partial charge on any atom is 0.127 e. The predicted molar refractivity (Wildman–Crippen MR) is 74.0 cm³/mol. The number of rotatable bonds is 4. The zero-order chi connectivity index (χ0) is 13.2. The number of nitrogens with one attached hydrogen (secondary N) is 1. The summed E-state index contributed by atoms with van der Waals surface area (Å²) >= 11 is 0. The van der Waals surface area contributed by atoms with Crippen LogP contribution in [0.15, 0.2) is 24.3 Å². The van der Waals surface area contributed by atoms with E-state index in [1.807, 2.05) is 12.1 Å². The molecule has 1 aliphatic rings. The fraction of sp³-hybridized carbons (Fsp3) is 0.625. The van der Waals surface area contributed by atoms with Gasteiger partial charge in [-0.25, -0.2) is 4.39 Å². The van der Waals surface area contributed by atoms with Crippen LogP contribution in [0.25, 0.3) is 0 Å². The minimum Gasteiger partial charge on any atom is -0.307 e. The maximum absolute atomic E-state index is 13.9. The van der Waals surface area contributed by atoms with Gasteiger partial charge in [-0.15, -0.1) is 0 Å². The van der Waals surface area contributed by atoms with Gasteiger partial charge in [0.25, 0.3) is 0 Å². The van der Waals surface area contributed by atoms with Gasteiger partial charge in [0.2, 0.25) is 0 Å². The van der Waals surface area contributed by atoms with Crippen molar-refractivity contribution in [1.29, 1.82) is 0 Å². The van der Waals surface area contributed by atoms with Crippen LogP contribution < -0.4 is 5.32 Å². The van der Waals surface area contributed by atoms with Gasteiger partial charge in [0.05, 0.1) is 0 Å². The third-order valence-electron chi connectivity index (χ3n) is 4.35. The molecule has 18 heavy (non-hydrogen) atoms. The lowest BCUT2D eigenvalue weighted by molar-refractivity contribution is 0.257. The normalized spacial score (nSPS) is 24.1. The second-order valence-electron chi connectivity index (χ2n) is 6.08. The van der Waals surface area contributed by atoms with Crippen LogP contribution in [0, 0.1) is 11.2 Å². The van der Waals surface area contributed by atoms with Crippen LogP contribution >= 0.6 is 0 Å². The summed E-state index contributed by atoms with van der Waals surface area (Å²) in [5, 5.41) is 3.67. The van der Waals surface area contributed by atoms with E-state index in [4.69, 9.17) is 0 Å². The number of hydrogen-bond acceptors (Lipinski definition) is 1. The van der Waals surface area contributed by atoms with Gasteiger partial charge >= 0.3 is 0 Å². The zero-order valence-corrected chi connectivity index (χ0v) is 11.7. The van der Waals surface area contributed by atoms with Crippen LogP contribution in [-0.2, 0) is 0 Å². The summed E-state index contributed by atoms with van der Waals surface area (Å²) < 4.78 is 13.9. The smallest absolute Gasteiger partial charge is 0.127 e. The number of halogens is 1. The molecule has 0 bridgehead atoms. The summed E-state index contributed by atoms with van der Waals surface area (Å²) in [7, 11) is 0. The molecule has 1 aromatic carbocycles. The molecule has 0 heterocycles. The summed E-state index contributed by atoms with van der Waals surface area (Å²) in [6.45, 7) is 6.74. The molecule has 2 unspecified atom stereocenters. The Morgan fingerprint density at radius 3 is 2.67 bits per heavy atom. The number of benzene rings is 1. The third kappa shape index (κ3) is 2.74. The van der Waals surface area contributed by atoms with E-state index in [2.05, 4.69) is 26.1 Å². The first kappa shape index (κ1) is 13.5. The van der Waals surface area contributed by atoms with Crippen molar-refractivity contribution in [2.45, 2.75) is 58.5 Å². The van der Waals surface area contributed by atoms with Crippen LogP contribution in [0.5, 0.6) is 0 Å². The van der Waals surface area contributed by atoms with E-state index in [0.717, 1.165) is 12.0 Å². The van der Waals surface area contributed by atoms with Gasteiger partial charge in [-0.2, -0.15) is 0 Å². The van der Waals surface area contributed by atoms with Crippen molar-refractivity contribution in [2.75, 3.05) is 0 Å². The Morgan fingerprint density at radius 2 is 2.11 bits per heavy atom. The topological polar surface area (TPSA) is 12.0 Å². The fourth-order valence-electron chi connectivity index (χ4n) is 3.06. The highest BCUT2D eigenvalue weighted by molar-refractivity contribution is 5.21. The molecule has 0 spiro atoms. The lowest BCUT2D eigenvalue weighted by atomic mass is 9.86. The summed E-state index contributed by atoms with van der Waals surface area (Å²) in [5.41, 5.74) is 1.14. The van der Waals surface area contributed by atoms with E-state index in [1.54, 1.807) is 12.1 Å². The molecule has 1 aromatic rings. The first-order chi connectivity index (χ1) is 8.54. The van der Waals surface area contributed by atoms with Crippen molar-refractivity contribution in [3.63, 3.8) is 0 Å². The minimum absolute atomic E-state index is 0.0901. The van der Waals surface area contributed by atoms with Crippen molar-refractivity contribution in [1.82, 2.24) is 5.32 Å². The van der Waals surface area contributed by atoms with Crippen molar-refractivity contribution in [3.05, 3.63) is 35.6 Å². The van der Waals surface area contributed by atoms with Gasteiger partial charge < -0.3 is 5.32 Å². The molecule has 0 amide bonds. The van der Waals surface area contributed by atoms with Crippen molar-refractivity contribution in [3.8, 4) is 0 Å². The molecule has 100 valence electrons. The summed E-state index contributed by atoms with van der Waals surface area (Å²) in [6, 6.07) is 7.77. The fourth-order valence-corrected chi connectivity index (χ4v) is 3.06. The highest BCUT2D eigenvalue weighted by Gasteiger charge is 2.35. The zero-order valence-electron chi connectivity index (χ0n) is 11.7. The lowest BCUT2D eigenvalue weighted by Gasteiger charge is -2.32. The Bertz CT molecular complexity index is 400. The Balaban J connectivity index is 2.13. The van der Waals surface area contributed by atoms with E-state index < -0.39 is 0 Å². The summed E-state index contributed by atoms with van der Waals surface area (Å²) in [4.78, 5) is 0. The highest BCUT2D eigenvalue weighted by Crippen LogP contribution is 2.38. The highest BCUT2D eigenvalue weighted by atomic mass is 19.1. The van der Waals surface area contributed by atoms with E-state index in [0.29, 0.717) is 11.5 Å². The van der Waals surface area contributed by atoms with Crippen LogP contribution in [-0.4, -0.2) is 6.04 Å². The Kier molecular flexibility index (Phi) is 4.06. The molecule has 1 nitrogen and oxygen atoms in total. The Morgan fingerprint density at radius 1 is 1.39 bits per heavy atom. The summed E-state index contributed by atoms with van der Waals surface area (Å²) in [6.07, 6.45) is 4.67. The van der Waals surface area contributed by atoms with E-state index in [9.17, 15) is 4.39 Å². The second-order valence-corrected chi connectivity index (χ2v) is 6.08. The SMILES string of the molecule is CCC(NC1CCCC1(C)C)c1ccccc1F. The van der Waals surface area contributed by atoms with Gasteiger partial charge in [0.15, 0.2) is 0 Å². The number of hydrogen-bond donors (Lipinski definition) is 1. The lowest BCUT2D eigenvalue weighted by Crippen LogP contribution is -2.40. The van der Waals surface area contributed by atoms with Crippen molar-refractivity contribution < 1.29 is 4.39 Å². The van der Waals surface area contributed by atoms with Gasteiger partial charge in [0, 0.05) is 17.6 Å². The molecule has 0 saturated heterocycles. The van der Waals surface area contributed by atoms with Gasteiger partial charge in [-0.1, -0.05) is 45.4 Å². The average Bonchev–Trinajstić information content (AvgIpc) is 2.66. The standard InChI is InChI=1S/C16H24FN/c1-4-14(12-8-5-6-9-13(12)17)18-15-10-7-11-16(15,2)3/h5-6,8-9,14-15,18H,4,7,10-11H2,1-3H3. The van der Waals surface area contributed by atoms with Gasteiger partial charge in [0.1, 0.15) is 5.82 Å². The van der Waals surface area contributed by atoms with Crippen LogP contribution in [0.2, 0.25) is 0 Å². The molecule has 2 rings (SSSR count). The van der Waals surface area contributed by atoms with E-state index >= 15 is 0 Å². The van der Waals surface area contributed by atoms with Gasteiger partial charge in [-0.05, 0) is 30.7 Å². The quantitative estimate of drug-likeness (QED) is 0.831. The van der Waals surface area contributed by atoms with Crippen molar-refractivity contribution in [2.24, 2.45) is 5.41 Å². The molecular weight excluding hydrogens is 225 g/mol. The minimum atomic E-state index is -0.0901. The van der Waals surface area contributed by atoms with Crippen LogP contribution in [0.4, 0.5) is 4.39 Å². The van der Waals surface area contributed by atoms with Crippen LogP contribution in [0.1, 0.15) is 58.1 Å². The molecule has 0 aliphatic heterocycles.